The van der Waals surface area contributed by atoms with E-state index in [1.165, 1.54) is 0 Å². The van der Waals surface area contributed by atoms with Crippen LogP contribution in [0.15, 0.2) is 30.3 Å². The highest BCUT2D eigenvalue weighted by Crippen LogP contribution is 2.14. The largest absolute Gasteiger partial charge is 0.340 e. The highest BCUT2D eigenvalue weighted by atomic mass is 16.2. The smallest absolute Gasteiger partial charge is 0.251 e. The maximum atomic E-state index is 12.9. The van der Waals surface area contributed by atoms with Crippen LogP contribution in [-0.2, 0) is 9.59 Å². The fourth-order valence-corrected chi connectivity index (χ4v) is 2.94. The average molecular weight is 345 g/mol. The van der Waals surface area contributed by atoms with Gasteiger partial charge in [0.25, 0.3) is 5.91 Å². The zero-order valence-corrected chi connectivity index (χ0v) is 15.2. The van der Waals surface area contributed by atoms with Gasteiger partial charge >= 0.3 is 0 Å². The summed E-state index contributed by atoms with van der Waals surface area (Å²) >= 11 is 0. The molecule has 1 aliphatic heterocycles. The van der Waals surface area contributed by atoms with Gasteiger partial charge in [-0.05, 0) is 18.1 Å². The Morgan fingerprint density at radius 1 is 1.04 bits per heavy atom. The van der Waals surface area contributed by atoms with E-state index in [0.29, 0.717) is 31.7 Å². The van der Waals surface area contributed by atoms with Crippen LogP contribution < -0.4 is 5.32 Å². The van der Waals surface area contributed by atoms with Crippen LogP contribution in [-0.4, -0.2) is 59.7 Å². The van der Waals surface area contributed by atoms with E-state index in [9.17, 15) is 14.4 Å². The van der Waals surface area contributed by atoms with Crippen LogP contribution in [0, 0.1) is 5.92 Å². The molecule has 3 amide bonds. The Kier molecular flexibility index (Phi) is 6.56. The van der Waals surface area contributed by atoms with Crippen molar-refractivity contribution in [2.75, 3.05) is 26.2 Å². The Hall–Kier alpha value is -2.37. The molecular weight excluding hydrogens is 318 g/mol. The van der Waals surface area contributed by atoms with Crippen LogP contribution in [0.3, 0.4) is 0 Å². The molecule has 1 aromatic rings. The molecule has 0 unspecified atom stereocenters. The summed E-state index contributed by atoms with van der Waals surface area (Å²) in [6.45, 7) is 7.62. The number of carbonyl (C=O) groups excluding carboxylic acids is 3. The van der Waals surface area contributed by atoms with Crippen LogP contribution in [0.4, 0.5) is 0 Å². The molecule has 0 saturated carbocycles. The number of amides is 3. The third-order valence-electron chi connectivity index (χ3n) is 4.84. The summed E-state index contributed by atoms with van der Waals surface area (Å²) in [5.41, 5.74) is 0.546. The van der Waals surface area contributed by atoms with Crippen LogP contribution >= 0.6 is 0 Å². The minimum atomic E-state index is -0.554. The van der Waals surface area contributed by atoms with Crippen LogP contribution in [0.5, 0.6) is 0 Å². The standard InChI is InChI=1S/C19H27N3O3/c1-4-14(2)17(20-18(24)16-8-6-5-7-9-16)19(25)22-12-10-21(11-13-22)15(3)23/h5-9,14,17H,4,10-13H2,1-3H3,(H,20,24)/t14-,17-/m0/s1. The molecule has 1 aromatic carbocycles. The molecule has 1 saturated heterocycles. The summed E-state index contributed by atoms with van der Waals surface area (Å²) in [6.07, 6.45) is 0.791. The molecule has 0 aromatic heterocycles. The second-order valence-electron chi connectivity index (χ2n) is 6.53. The molecule has 0 aliphatic carbocycles. The summed E-state index contributed by atoms with van der Waals surface area (Å²) in [5, 5.41) is 2.90. The lowest BCUT2D eigenvalue weighted by molar-refractivity contribution is -0.140. The van der Waals surface area contributed by atoms with Gasteiger partial charge in [-0.15, -0.1) is 0 Å². The topological polar surface area (TPSA) is 69.7 Å². The van der Waals surface area contributed by atoms with Crippen molar-refractivity contribution in [3.63, 3.8) is 0 Å². The van der Waals surface area contributed by atoms with Gasteiger partial charge < -0.3 is 15.1 Å². The van der Waals surface area contributed by atoms with Gasteiger partial charge in [0.15, 0.2) is 0 Å². The van der Waals surface area contributed by atoms with Gasteiger partial charge in [-0.2, -0.15) is 0 Å². The second-order valence-corrected chi connectivity index (χ2v) is 6.53. The maximum absolute atomic E-state index is 12.9. The van der Waals surface area contributed by atoms with E-state index in [1.54, 1.807) is 41.0 Å². The first-order chi connectivity index (χ1) is 11.9. The van der Waals surface area contributed by atoms with Gasteiger partial charge in [0.1, 0.15) is 6.04 Å². The lowest BCUT2D eigenvalue weighted by Gasteiger charge is -2.37. The summed E-state index contributed by atoms with van der Waals surface area (Å²) < 4.78 is 0. The fraction of sp³-hybridized carbons (Fsp3) is 0.526. The third-order valence-corrected chi connectivity index (χ3v) is 4.84. The Balaban J connectivity index is 2.05. The number of nitrogens with one attached hydrogen (secondary N) is 1. The third kappa shape index (κ3) is 4.81. The molecule has 2 atom stereocenters. The molecule has 1 N–H and O–H groups in total. The molecule has 1 heterocycles. The van der Waals surface area contributed by atoms with Gasteiger partial charge in [0, 0.05) is 38.7 Å². The number of hydrogen-bond donors (Lipinski definition) is 1. The number of benzene rings is 1. The zero-order chi connectivity index (χ0) is 18.4. The first-order valence-electron chi connectivity index (χ1n) is 8.84. The average Bonchev–Trinajstić information content (AvgIpc) is 2.65. The van der Waals surface area contributed by atoms with E-state index in [-0.39, 0.29) is 23.6 Å². The predicted molar refractivity (Wildman–Crippen MR) is 96.0 cm³/mol. The Morgan fingerprint density at radius 2 is 1.60 bits per heavy atom. The first-order valence-corrected chi connectivity index (χ1v) is 8.84. The van der Waals surface area contributed by atoms with Crippen molar-refractivity contribution in [3.8, 4) is 0 Å². The number of hydrogen-bond acceptors (Lipinski definition) is 3. The van der Waals surface area contributed by atoms with E-state index in [0.717, 1.165) is 6.42 Å². The van der Waals surface area contributed by atoms with Crippen LogP contribution in [0.25, 0.3) is 0 Å². The lowest BCUT2D eigenvalue weighted by atomic mass is 9.97. The minimum Gasteiger partial charge on any atom is -0.340 e. The van der Waals surface area contributed by atoms with E-state index < -0.39 is 6.04 Å². The Labute approximate surface area is 149 Å². The minimum absolute atomic E-state index is 0.0305. The van der Waals surface area contributed by atoms with Gasteiger partial charge in [-0.1, -0.05) is 38.5 Å². The first kappa shape index (κ1) is 19.0. The summed E-state index contributed by atoms with van der Waals surface area (Å²) in [7, 11) is 0. The van der Waals surface area contributed by atoms with E-state index in [2.05, 4.69) is 5.32 Å². The van der Waals surface area contributed by atoms with Gasteiger partial charge in [0.05, 0.1) is 0 Å². The van der Waals surface area contributed by atoms with Crippen molar-refractivity contribution >= 4 is 17.7 Å². The van der Waals surface area contributed by atoms with Gasteiger partial charge in [0.2, 0.25) is 11.8 Å². The SMILES string of the molecule is CC[C@H](C)[C@H](NC(=O)c1ccccc1)C(=O)N1CCN(C(C)=O)CC1. The molecule has 0 spiro atoms. The lowest BCUT2D eigenvalue weighted by Crippen LogP contribution is -2.57. The monoisotopic (exact) mass is 345 g/mol. The molecule has 1 fully saturated rings. The van der Waals surface area contributed by atoms with Crippen molar-refractivity contribution in [1.29, 1.82) is 0 Å². The molecule has 136 valence electrons. The predicted octanol–water partition coefficient (Wildman–Crippen LogP) is 1.52. The highest BCUT2D eigenvalue weighted by Gasteiger charge is 2.32. The maximum Gasteiger partial charge on any atom is 0.251 e. The van der Waals surface area contributed by atoms with Crippen molar-refractivity contribution in [1.82, 2.24) is 15.1 Å². The van der Waals surface area contributed by atoms with Crippen LogP contribution in [0.1, 0.15) is 37.6 Å². The second kappa shape index (κ2) is 8.65. The number of carbonyl (C=O) groups is 3. The molecule has 0 bridgehead atoms. The van der Waals surface area contributed by atoms with Gasteiger partial charge in [-0.3, -0.25) is 14.4 Å². The molecule has 0 radical (unpaired) electrons. The number of nitrogens with zero attached hydrogens (tertiary/aromatic N) is 2. The van der Waals surface area contributed by atoms with Gasteiger partial charge in [-0.25, -0.2) is 0 Å². The normalized spacial score (nSPS) is 16.9. The Morgan fingerprint density at radius 3 is 2.12 bits per heavy atom. The highest BCUT2D eigenvalue weighted by molar-refractivity contribution is 5.97. The fourth-order valence-electron chi connectivity index (χ4n) is 2.94. The van der Waals surface area contributed by atoms with Crippen molar-refractivity contribution in [2.45, 2.75) is 33.2 Å². The van der Waals surface area contributed by atoms with Crippen molar-refractivity contribution in [2.24, 2.45) is 5.92 Å². The summed E-state index contributed by atoms with van der Waals surface area (Å²) in [5.74, 6) is -0.239. The molecule has 6 nitrogen and oxygen atoms in total. The summed E-state index contributed by atoms with van der Waals surface area (Å²) in [4.78, 5) is 40.3. The van der Waals surface area contributed by atoms with Crippen molar-refractivity contribution < 1.29 is 14.4 Å². The Bertz CT molecular complexity index is 610. The molecule has 25 heavy (non-hydrogen) atoms. The van der Waals surface area contributed by atoms with E-state index in [1.807, 2.05) is 19.9 Å². The summed E-state index contributed by atoms with van der Waals surface area (Å²) in [6, 6.07) is 8.37. The number of rotatable bonds is 5. The van der Waals surface area contributed by atoms with E-state index >= 15 is 0 Å². The molecular formula is C19H27N3O3. The number of piperazine rings is 1. The van der Waals surface area contributed by atoms with E-state index in [4.69, 9.17) is 0 Å². The van der Waals surface area contributed by atoms with Crippen molar-refractivity contribution in [3.05, 3.63) is 35.9 Å². The molecule has 1 aliphatic rings. The zero-order valence-electron chi connectivity index (χ0n) is 15.2. The quantitative estimate of drug-likeness (QED) is 0.880. The van der Waals surface area contributed by atoms with Crippen LogP contribution in [0.2, 0.25) is 0 Å². The molecule has 2 rings (SSSR count). The molecule has 6 heteroatoms.